The first-order chi connectivity index (χ1) is 17.3. The third-order valence-electron chi connectivity index (χ3n) is 4.97. The molecule has 1 aromatic rings. The van der Waals surface area contributed by atoms with Gasteiger partial charge < -0.3 is 19.5 Å². The summed E-state index contributed by atoms with van der Waals surface area (Å²) in [7, 11) is 0. The van der Waals surface area contributed by atoms with E-state index in [1.807, 2.05) is 25.3 Å². The highest BCUT2D eigenvalue weighted by molar-refractivity contribution is 9.11. The first-order valence-electron chi connectivity index (χ1n) is 12.2. The molecule has 202 valence electrons. The van der Waals surface area contributed by atoms with Gasteiger partial charge in [0, 0.05) is 24.1 Å². The van der Waals surface area contributed by atoms with Crippen LogP contribution in [0.1, 0.15) is 71.5 Å². The lowest BCUT2D eigenvalue weighted by Gasteiger charge is -2.24. The quantitative estimate of drug-likeness (QED) is 0.212. The maximum Gasteiger partial charge on any atom is 0.408 e. The summed E-state index contributed by atoms with van der Waals surface area (Å²) in [4.78, 5) is 42.3. The van der Waals surface area contributed by atoms with E-state index < -0.39 is 41.9 Å². The van der Waals surface area contributed by atoms with Crippen LogP contribution in [0.15, 0.2) is 27.6 Å². The number of nitrogens with one attached hydrogen (secondary N) is 1. The van der Waals surface area contributed by atoms with Crippen LogP contribution in [-0.2, 0) is 36.6 Å². The second-order valence-corrected chi connectivity index (χ2v) is 12.1. The molecule has 1 amide bonds. The van der Waals surface area contributed by atoms with E-state index in [0.29, 0.717) is 32.1 Å². The van der Waals surface area contributed by atoms with Gasteiger partial charge in [-0.25, -0.2) is 19.4 Å². The summed E-state index contributed by atoms with van der Waals surface area (Å²) in [6.07, 6.45) is 4.17. The Balaban J connectivity index is 2.27. The molecule has 0 saturated heterocycles. The number of carbonyl (C=O) groups excluding carboxylic acids is 3. The average Bonchev–Trinajstić information content (AvgIpc) is 3.17. The molecule has 1 aromatic heterocycles. The van der Waals surface area contributed by atoms with Crippen LogP contribution in [0.25, 0.3) is 0 Å². The molecule has 0 aromatic carbocycles. The highest BCUT2D eigenvalue weighted by Gasteiger charge is 2.27. The molecule has 3 atom stereocenters. The van der Waals surface area contributed by atoms with Gasteiger partial charge in [0.1, 0.15) is 23.9 Å². The maximum atomic E-state index is 12.9. The van der Waals surface area contributed by atoms with Crippen molar-refractivity contribution in [3.05, 3.63) is 38.3 Å². The summed E-state index contributed by atoms with van der Waals surface area (Å²) < 4.78 is 17.3. The van der Waals surface area contributed by atoms with Gasteiger partial charge in [0.15, 0.2) is 0 Å². The number of ether oxygens (including phenoxy) is 3. The molecule has 1 aliphatic heterocycles. The Morgan fingerprint density at radius 1 is 1.30 bits per heavy atom. The van der Waals surface area contributed by atoms with Crippen LogP contribution in [0.5, 0.6) is 0 Å². The molecule has 0 aliphatic carbocycles. The normalized spacial score (nSPS) is 24.0. The minimum absolute atomic E-state index is 0.365. The zero-order chi connectivity index (χ0) is 27.6. The maximum absolute atomic E-state index is 12.9. The highest BCUT2D eigenvalue weighted by Crippen LogP contribution is 2.19. The van der Waals surface area contributed by atoms with Gasteiger partial charge in [-0.15, -0.1) is 11.3 Å². The van der Waals surface area contributed by atoms with E-state index in [2.05, 4.69) is 38.1 Å². The lowest BCUT2D eigenvalue weighted by molar-refractivity contribution is -0.151. The number of alkyl carbamates (subject to hydrolysis) is 1. The minimum atomic E-state index is -0.857. The molecular weight excluding hydrogens is 560 g/mol. The van der Waals surface area contributed by atoms with Crippen LogP contribution in [0.4, 0.5) is 4.79 Å². The number of halogens is 1. The summed E-state index contributed by atoms with van der Waals surface area (Å²) >= 11 is 4.87. The van der Waals surface area contributed by atoms with Crippen molar-refractivity contribution >= 4 is 45.3 Å². The lowest BCUT2D eigenvalue weighted by Crippen LogP contribution is -2.45. The fraction of sp³-hybridized carbons (Fsp3) is 0.556. The Morgan fingerprint density at radius 2 is 2.03 bits per heavy atom. The van der Waals surface area contributed by atoms with Gasteiger partial charge in [0.2, 0.25) is 0 Å². The zero-order valence-corrected chi connectivity index (χ0v) is 24.6. The largest absolute Gasteiger partial charge is 0.461 e. The molecule has 8 nitrogen and oxygen atoms in total. The van der Waals surface area contributed by atoms with E-state index in [9.17, 15) is 14.4 Å². The van der Waals surface area contributed by atoms with Gasteiger partial charge in [-0.2, -0.15) is 0 Å². The predicted molar refractivity (Wildman–Crippen MR) is 146 cm³/mol. The number of amides is 1. The van der Waals surface area contributed by atoms with Gasteiger partial charge in [-0.3, -0.25) is 0 Å². The van der Waals surface area contributed by atoms with Crippen LogP contribution < -0.4 is 5.32 Å². The summed E-state index contributed by atoms with van der Waals surface area (Å²) in [6.45, 7) is 10.7. The number of aryl methyl sites for hydroxylation is 1. The van der Waals surface area contributed by atoms with Crippen LogP contribution in [0.2, 0.25) is 0 Å². The lowest BCUT2D eigenvalue weighted by atomic mass is 10.1. The first kappa shape index (κ1) is 30.6. The molecule has 2 bridgehead atoms. The van der Waals surface area contributed by atoms with Gasteiger partial charge in [0.25, 0.3) is 0 Å². The van der Waals surface area contributed by atoms with Crippen LogP contribution in [0, 0.1) is 11.8 Å². The number of thiazole rings is 1. The van der Waals surface area contributed by atoms with Crippen LogP contribution in [-0.4, -0.2) is 46.9 Å². The number of allylic oxidation sites excluding steroid dienone is 2. The monoisotopic (exact) mass is 594 g/mol. The van der Waals surface area contributed by atoms with Gasteiger partial charge in [-0.1, -0.05) is 27.4 Å². The molecule has 1 aliphatic rings. The molecule has 10 heteroatoms. The highest BCUT2D eigenvalue weighted by atomic mass is 79.9. The van der Waals surface area contributed by atoms with Crippen molar-refractivity contribution in [2.75, 3.05) is 0 Å². The Labute approximate surface area is 231 Å². The van der Waals surface area contributed by atoms with Crippen molar-refractivity contribution in [2.45, 2.75) is 97.5 Å². The molecule has 0 unspecified atom stereocenters. The van der Waals surface area contributed by atoms with Crippen molar-refractivity contribution in [3.8, 4) is 11.8 Å². The topological polar surface area (TPSA) is 104 Å². The Kier molecular flexibility index (Phi) is 11.9. The number of aromatic nitrogens is 1. The number of cyclic esters (lactones) is 2. The van der Waals surface area contributed by atoms with E-state index >= 15 is 0 Å². The third-order valence-corrected chi connectivity index (χ3v) is 6.15. The molecule has 2 rings (SSSR count). The van der Waals surface area contributed by atoms with E-state index in [4.69, 9.17) is 14.2 Å². The SMILES string of the molecule is C/C(Br)=C\[C@@H]1Cc2nc(cs2)CCC[C@@H](NC(=O)OC(C)(C)C)C(=O)O[C@@H](C)C/C(C)=C/C#CC(=O)O1. The molecule has 0 radical (unpaired) electrons. The third kappa shape index (κ3) is 12.4. The molecule has 1 N–H and O–H groups in total. The molecule has 0 spiro atoms. The summed E-state index contributed by atoms with van der Waals surface area (Å²) in [5.41, 5.74) is 0.999. The fourth-order valence-corrected chi connectivity index (χ4v) is 4.69. The molecule has 0 saturated carbocycles. The van der Waals surface area contributed by atoms with Gasteiger partial charge in [0.05, 0.1) is 10.7 Å². The average molecular weight is 596 g/mol. The predicted octanol–water partition coefficient (Wildman–Crippen LogP) is 5.40. The van der Waals surface area contributed by atoms with Gasteiger partial charge in [-0.05, 0) is 77.4 Å². The Hall–Kier alpha value is -2.64. The van der Waals surface area contributed by atoms with E-state index in [1.54, 1.807) is 33.8 Å². The van der Waals surface area contributed by atoms with Crippen molar-refractivity contribution < 1.29 is 28.6 Å². The molecule has 0 fully saturated rings. The number of hydrogen-bond acceptors (Lipinski definition) is 8. The number of carbonyl (C=O) groups is 3. The van der Waals surface area contributed by atoms with Crippen molar-refractivity contribution in [1.29, 1.82) is 0 Å². The van der Waals surface area contributed by atoms with E-state index in [-0.39, 0.29) is 0 Å². The number of nitrogens with zero attached hydrogens (tertiary/aromatic N) is 1. The van der Waals surface area contributed by atoms with Gasteiger partial charge >= 0.3 is 18.0 Å². The number of hydrogen-bond donors (Lipinski definition) is 1. The van der Waals surface area contributed by atoms with Crippen molar-refractivity contribution in [2.24, 2.45) is 0 Å². The summed E-state index contributed by atoms with van der Waals surface area (Å²) in [5, 5.41) is 5.42. The number of esters is 2. The van der Waals surface area contributed by atoms with E-state index in [0.717, 1.165) is 20.8 Å². The molecule has 2 heterocycles. The number of rotatable bonds is 2. The fourth-order valence-electron chi connectivity index (χ4n) is 3.53. The van der Waals surface area contributed by atoms with Crippen molar-refractivity contribution in [1.82, 2.24) is 10.3 Å². The Morgan fingerprint density at radius 3 is 2.70 bits per heavy atom. The summed E-state index contributed by atoms with van der Waals surface area (Å²) in [5.74, 6) is 4.03. The second kappa shape index (κ2) is 14.3. The van der Waals surface area contributed by atoms with Crippen LogP contribution in [0.3, 0.4) is 0 Å². The smallest absolute Gasteiger partial charge is 0.408 e. The zero-order valence-electron chi connectivity index (χ0n) is 22.2. The number of fused-ring (bicyclic) bond motifs is 2. The summed E-state index contributed by atoms with van der Waals surface area (Å²) in [6, 6.07) is -0.857. The molecular formula is C27H35BrN2O6S. The minimum Gasteiger partial charge on any atom is -0.461 e. The molecule has 37 heavy (non-hydrogen) atoms. The first-order valence-corrected chi connectivity index (χ1v) is 13.8. The second-order valence-electron chi connectivity index (χ2n) is 9.94. The van der Waals surface area contributed by atoms with Crippen molar-refractivity contribution in [3.63, 3.8) is 0 Å². The van der Waals surface area contributed by atoms with Crippen LogP contribution >= 0.6 is 27.3 Å². The Bertz CT molecular complexity index is 1090. The van der Waals surface area contributed by atoms with E-state index in [1.165, 1.54) is 11.3 Å². The standard InChI is InChI=1S/C27H35BrN2O6S/c1-17-9-7-12-24(31)35-21(14-18(2)28)15-23-29-20(16-37-23)10-8-11-22(25(32)34-19(3)13-17)30-26(33)36-27(4,5)6/h9,14,16,19,21-22H,8,10-11,13,15H2,1-6H3,(H,30,33)/b17-9+,18-14+/t19-,21+,22+/m0/s1.